The van der Waals surface area contributed by atoms with Crippen LogP contribution >= 0.6 is 0 Å². The molecule has 0 aromatic heterocycles. The van der Waals surface area contributed by atoms with E-state index in [1.54, 1.807) is 12.1 Å². The molecule has 1 aromatic carbocycles. The van der Waals surface area contributed by atoms with E-state index in [1.165, 1.54) is 13.2 Å². The van der Waals surface area contributed by atoms with Gasteiger partial charge in [0, 0.05) is 44.5 Å². The minimum Gasteiger partial charge on any atom is -0.494 e. The highest BCUT2D eigenvalue weighted by atomic mass is 19.1. The van der Waals surface area contributed by atoms with Gasteiger partial charge in [-0.3, -0.25) is 9.69 Å². The van der Waals surface area contributed by atoms with Gasteiger partial charge in [-0.2, -0.15) is 0 Å². The summed E-state index contributed by atoms with van der Waals surface area (Å²) in [6.45, 7) is 4.15. The fourth-order valence-corrected chi connectivity index (χ4v) is 3.41. The van der Waals surface area contributed by atoms with E-state index in [0.29, 0.717) is 0 Å². The molecule has 2 fully saturated rings. The summed E-state index contributed by atoms with van der Waals surface area (Å²) in [5.74, 6) is 0.0949. The molecule has 0 bridgehead atoms. The maximum atomic E-state index is 13.5. The Morgan fingerprint density at radius 2 is 2.00 bits per heavy atom. The molecule has 0 aliphatic carbocycles. The Hall–Kier alpha value is -1.82. The van der Waals surface area contributed by atoms with Crippen LogP contribution in [0.2, 0.25) is 0 Å². The van der Waals surface area contributed by atoms with Crippen molar-refractivity contribution in [3.8, 4) is 5.75 Å². The van der Waals surface area contributed by atoms with E-state index in [1.807, 2.05) is 0 Å². The van der Waals surface area contributed by atoms with E-state index in [-0.39, 0.29) is 23.5 Å². The van der Waals surface area contributed by atoms with Crippen molar-refractivity contribution in [1.82, 2.24) is 10.2 Å². The van der Waals surface area contributed by atoms with Crippen molar-refractivity contribution in [1.29, 1.82) is 0 Å². The Balaban J connectivity index is 1.63. The zero-order valence-corrected chi connectivity index (χ0v) is 13.6. The number of piperazine rings is 1. The number of carbonyl (C=O) groups excluding carboxylic acids is 1. The summed E-state index contributed by atoms with van der Waals surface area (Å²) < 4.78 is 18.6. The predicted octanol–water partition coefficient (Wildman–Crippen LogP) is 1.62. The second-order valence-electron chi connectivity index (χ2n) is 6.14. The molecule has 5 nitrogen and oxygen atoms in total. The van der Waals surface area contributed by atoms with Gasteiger partial charge in [-0.05, 0) is 31.4 Å². The summed E-state index contributed by atoms with van der Waals surface area (Å²) in [6.07, 6.45) is 3.10. The fraction of sp³-hybridized carbons (Fsp3) is 0.588. The summed E-state index contributed by atoms with van der Waals surface area (Å²) in [4.78, 5) is 16.7. The van der Waals surface area contributed by atoms with Crippen molar-refractivity contribution < 1.29 is 13.9 Å². The second-order valence-corrected chi connectivity index (χ2v) is 6.14. The normalized spacial score (nSPS) is 23.3. The lowest BCUT2D eigenvalue weighted by molar-refractivity contribution is -0.126. The molecule has 23 heavy (non-hydrogen) atoms. The van der Waals surface area contributed by atoms with E-state index >= 15 is 0 Å². The Labute approximate surface area is 136 Å². The van der Waals surface area contributed by atoms with Gasteiger partial charge in [-0.1, -0.05) is 0 Å². The molecule has 0 spiro atoms. The number of hydrogen-bond acceptors (Lipinski definition) is 4. The molecular weight excluding hydrogens is 297 g/mol. The summed E-state index contributed by atoms with van der Waals surface area (Å²) >= 11 is 0. The topological polar surface area (TPSA) is 44.8 Å². The number of amides is 1. The number of hydrogen-bond donors (Lipinski definition) is 1. The number of rotatable bonds is 3. The van der Waals surface area contributed by atoms with Gasteiger partial charge in [0.1, 0.15) is 0 Å². The molecule has 1 aromatic rings. The number of benzene rings is 1. The molecule has 126 valence electrons. The summed E-state index contributed by atoms with van der Waals surface area (Å²) in [7, 11) is 1.48. The average Bonchev–Trinajstić information content (AvgIpc) is 2.80. The third-order valence-electron chi connectivity index (χ3n) is 4.76. The van der Waals surface area contributed by atoms with Crippen LogP contribution in [0.4, 0.5) is 10.1 Å². The van der Waals surface area contributed by atoms with Gasteiger partial charge in [0.05, 0.1) is 13.2 Å². The second kappa shape index (κ2) is 7.17. The van der Waals surface area contributed by atoms with Crippen LogP contribution in [0.1, 0.15) is 19.3 Å². The zero-order valence-electron chi connectivity index (χ0n) is 13.6. The van der Waals surface area contributed by atoms with Crippen molar-refractivity contribution in [2.24, 2.45) is 0 Å². The number of nitrogens with one attached hydrogen (secondary N) is 1. The van der Waals surface area contributed by atoms with E-state index < -0.39 is 0 Å². The number of carbonyl (C=O) groups is 1. The highest BCUT2D eigenvalue weighted by Gasteiger charge is 2.29. The fourth-order valence-electron chi connectivity index (χ4n) is 3.41. The molecule has 6 heteroatoms. The standard InChI is InChI=1S/C17H24FN3O2/c1-23-16-12-13(5-6-14(16)18)20-8-10-21(11-9-20)15-4-2-3-7-19-17(15)22/h5-6,12,15H,2-4,7-11H2,1H3,(H,19,22)/t15-/m0/s1. The number of halogens is 1. The summed E-state index contributed by atoms with van der Waals surface area (Å²) in [5.41, 5.74) is 0.966. The Morgan fingerprint density at radius 1 is 1.22 bits per heavy atom. The quantitative estimate of drug-likeness (QED) is 0.919. The van der Waals surface area contributed by atoms with Crippen LogP contribution in [0.5, 0.6) is 5.75 Å². The Bertz CT molecular complexity index is 559. The summed E-state index contributed by atoms with van der Waals surface area (Å²) in [5, 5.41) is 3.00. The lowest BCUT2D eigenvalue weighted by atomic mass is 10.1. The molecule has 3 rings (SSSR count). The van der Waals surface area contributed by atoms with Crippen LogP contribution in [-0.4, -0.2) is 56.7 Å². The first kappa shape index (κ1) is 16.1. The van der Waals surface area contributed by atoms with Crippen LogP contribution in [0, 0.1) is 5.82 Å². The van der Waals surface area contributed by atoms with Crippen LogP contribution in [0.3, 0.4) is 0 Å². The van der Waals surface area contributed by atoms with Crippen molar-refractivity contribution in [3.05, 3.63) is 24.0 Å². The van der Waals surface area contributed by atoms with Gasteiger partial charge in [-0.25, -0.2) is 4.39 Å². The van der Waals surface area contributed by atoms with Crippen LogP contribution in [-0.2, 0) is 4.79 Å². The molecule has 1 N–H and O–H groups in total. The summed E-state index contributed by atoms with van der Waals surface area (Å²) in [6, 6.07) is 4.97. The minimum atomic E-state index is -0.343. The molecule has 0 unspecified atom stereocenters. The van der Waals surface area contributed by atoms with E-state index in [2.05, 4.69) is 15.1 Å². The maximum absolute atomic E-state index is 13.5. The third kappa shape index (κ3) is 3.58. The molecule has 0 radical (unpaired) electrons. The number of anilines is 1. The van der Waals surface area contributed by atoms with Crippen molar-refractivity contribution in [2.75, 3.05) is 44.7 Å². The van der Waals surface area contributed by atoms with Crippen LogP contribution in [0.25, 0.3) is 0 Å². The molecule has 0 saturated carbocycles. The van der Waals surface area contributed by atoms with E-state index in [9.17, 15) is 9.18 Å². The highest BCUT2D eigenvalue weighted by molar-refractivity contribution is 5.82. The SMILES string of the molecule is COc1cc(N2CCN([C@H]3CCCCNC3=O)CC2)ccc1F. The number of ether oxygens (including phenoxy) is 1. The van der Waals surface area contributed by atoms with Gasteiger partial charge in [-0.15, -0.1) is 0 Å². The maximum Gasteiger partial charge on any atom is 0.237 e. The first-order valence-corrected chi connectivity index (χ1v) is 8.29. The molecule has 2 aliphatic heterocycles. The first-order valence-electron chi connectivity index (χ1n) is 8.29. The third-order valence-corrected chi connectivity index (χ3v) is 4.76. The number of methoxy groups -OCH3 is 1. The highest BCUT2D eigenvalue weighted by Crippen LogP contribution is 2.26. The van der Waals surface area contributed by atoms with Crippen molar-refractivity contribution in [3.63, 3.8) is 0 Å². The van der Waals surface area contributed by atoms with Crippen LogP contribution in [0.15, 0.2) is 18.2 Å². The van der Waals surface area contributed by atoms with Gasteiger partial charge in [0.2, 0.25) is 5.91 Å². The van der Waals surface area contributed by atoms with Gasteiger partial charge in [0.25, 0.3) is 0 Å². The molecule has 1 atom stereocenters. The van der Waals surface area contributed by atoms with Crippen LogP contribution < -0.4 is 15.0 Å². The van der Waals surface area contributed by atoms with Gasteiger partial charge in [0.15, 0.2) is 11.6 Å². The average molecular weight is 321 g/mol. The largest absolute Gasteiger partial charge is 0.494 e. The minimum absolute atomic E-state index is 0.00223. The monoisotopic (exact) mass is 321 g/mol. The van der Waals surface area contributed by atoms with Gasteiger partial charge < -0.3 is 15.0 Å². The molecule has 2 aliphatic rings. The van der Waals surface area contributed by atoms with Crippen molar-refractivity contribution >= 4 is 11.6 Å². The van der Waals surface area contributed by atoms with Crippen molar-refractivity contribution in [2.45, 2.75) is 25.3 Å². The smallest absolute Gasteiger partial charge is 0.237 e. The lowest BCUT2D eigenvalue weighted by Crippen LogP contribution is -2.54. The molecular formula is C17H24FN3O2. The molecule has 1 amide bonds. The van der Waals surface area contributed by atoms with E-state index in [0.717, 1.165) is 57.7 Å². The zero-order chi connectivity index (χ0) is 16.2. The molecule has 2 heterocycles. The lowest BCUT2D eigenvalue weighted by Gasteiger charge is -2.39. The predicted molar refractivity (Wildman–Crippen MR) is 87.4 cm³/mol. The van der Waals surface area contributed by atoms with Gasteiger partial charge >= 0.3 is 0 Å². The Kier molecular flexibility index (Phi) is 5.00. The Morgan fingerprint density at radius 3 is 2.74 bits per heavy atom. The van der Waals surface area contributed by atoms with E-state index in [4.69, 9.17) is 4.74 Å². The number of nitrogens with zero attached hydrogens (tertiary/aromatic N) is 2. The first-order chi connectivity index (χ1) is 11.2. The molecule has 2 saturated heterocycles.